The summed E-state index contributed by atoms with van der Waals surface area (Å²) in [6.07, 6.45) is -0.241. The standard InChI is InChI=1S/C9H10F2O3S/c1-14-9-4-2-3-8(10)7(9)5-6-15(11,12)13/h2-4H,5-6H2,1H3. The van der Waals surface area contributed by atoms with E-state index in [2.05, 4.69) is 0 Å². The van der Waals surface area contributed by atoms with E-state index in [0.29, 0.717) is 0 Å². The fourth-order valence-corrected chi connectivity index (χ4v) is 1.64. The minimum absolute atomic E-state index is 0.0706. The third kappa shape index (κ3) is 3.47. The van der Waals surface area contributed by atoms with Gasteiger partial charge < -0.3 is 4.74 Å². The summed E-state index contributed by atoms with van der Waals surface area (Å²) in [5.74, 6) is -1.12. The van der Waals surface area contributed by atoms with Crippen LogP contribution in [0.15, 0.2) is 18.2 Å². The minimum Gasteiger partial charge on any atom is -0.496 e. The first-order valence-electron chi connectivity index (χ1n) is 4.18. The van der Waals surface area contributed by atoms with Gasteiger partial charge in [-0.2, -0.15) is 8.42 Å². The van der Waals surface area contributed by atoms with E-state index in [1.807, 2.05) is 0 Å². The van der Waals surface area contributed by atoms with Crippen LogP contribution in [0.3, 0.4) is 0 Å². The number of benzene rings is 1. The van der Waals surface area contributed by atoms with Crippen LogP contribution in [0.4, 0.5) is 8.28 Å². The Kier molecular flexibility index (Phi) is 3.62. The zero-order valence-corrected chi connectivity index (χ0v) is 8.85. The summed E-state index contributed by atoms with van der Waals surface area (Å²) in [5.41, 5.74) is 0.0706. The molecule has 0 amide bonds. The van der Waals surface area contributed by atoms with E-state index in [1.54, 1.807) is 0 Å². The molecule has 0 aliphatic heterocycles. The summed E-state index contributed by atoms with van der Waals surface area (Å²) in [5, 5.41) is 0. The van der Waals surface area contributed by atoms with Crippen molar-refractivity contribution in [1.82, 2.24) is 0 Å². The van der Waals surface area contributed by atoms with Crippen LogP contribution in [-0.4, -0.2) is 21.3 Å². The summed E-state index contributed by atoms with van der Waals surface area (Å²) < 4.78 is 50.9. The first-order chi connectivity index (χ1) is 6.94. The lowest BCUT2D eigenvalue weighted by Crippen LogP contribution is -2.05. The Hall–Kier alpha value is -1.17. The van der Waals surface area contributed by atoms with Crippen molar-refractivity contribution in [2.45, 2.75) is 6.42 Å². The smallest absolute Gasteiger partial charge is 0.302 e. The highest BCUT2D eigenvalue weighted by atomic mass is 32.3. The summed E-state index contributed by atoms with van der Waals surface area (Å²) in [6.45, 7) is 0. The fourth-order valence-electron chi connectivity index (χ4n) is 1.20. The number of methoxy groups -OCH3 is 1. The number of ether oxygens (including phenoxy) is 1. The van der Waals surface area contributed by atoms with Gasteiger partial charge in [0.05, 0.1) is 12.9 Å². The highest BCUT2D eigenvalue weighted by Gasteiger charge is 2.13. The number of rotatable bonds is 4. The molecule has 0 unspecified atom stereocenters. The maximum atomic E-state index is 13.2. The number of halogens is 2. The predicted octanol–water partition coefficient (Wildman–Crippen LogP) is 1.68. The highest BCUT2D eigenvalue weighted by Crippen LogP contribution is 2.22. The van der Waals surface area contributed by atoms with Crippen LogP contribution < -0.4 is 4.74 Å². The summed E-state index contributed by atoms with van der Waals surface area (Å²) in [7, 11) is -3.25. The molecule has 0 radical (unpaired) electrons. The zero-order chi connectivity index (χ0) is 11.5. The third-order valence-electron chi connectivity index (χ3n) is 1.89. The average Bonchev–Trinajstić information content (AvgIpc) is 2.14. The molecule has 0 saturated heterocycles. The maximum Gasteiger partial charge on any atom is 0.302 e. The van der Waals surface area contributed by atoms with Crippen LogP contribution in [0.25, 0.3) is 0 Å². The quantitative estimate of drug-likeness (QED) is 0.747. The van der Waals surface area contributed by atoms with Crippen LogP contribution in [0.1, 0.15) is 5.56 Å². The van der Waals surface area contributed by atoms with Gasteiger partial charge in [0.1, 0.15) is 11.6 Å². The second kappa shape index (κ2) is 4.57. The van der Waals surface area contributed by atoms with E-state index >= 15 is 0 Å². The first-order valence-corrected chi connectivity index (χ1v) is 5.73. The lowest BCUT2D eigenvalue weighted by molar-refractivity contribution is 0.405. The fraction of sp³-hybridized carbons (Fsp3) is 0.333. The Morgan fingerprint density at radius 3 is 2.60 bits per heavy atom. The topological polar surface area (TPSA) is 43.4 Å². The Labute approximate surface area is 86.9 Å². The van der Waals surface area contributed by atoms with Gasteiger partial charge >= 0.3 is 10.2 Å². The molecule has 0 N–H and O–H groups in total. The van der Waals surface area contributed by atoms with Crippen LogP contribution in [0.5, 0.6) is 5.75 Å². The third-order valence-corrected chi connectivity index (χ3v) is 2.58. The molecule has 0 fully saturated rings. The molecule has 6 heteroatoms. The molecule has 1 aromatic rings. The van der Waals surface area contributed by atoms with Gasteiger partial charge in [0.2, 0.25) is 0 Å². The van der Waals surface area contributed by atoms with E-state index in [0.717, 1.165) is 0 Å². The van der Waals surface area contributed by atoms with Crippen molar-refractivity contribution in [1.29, 1.82) is 0 Å². The molecule has 1 aromatic carbocycles. The van der Waals surface area contributed by atoms with E-state index < -0.39 is 21.8 Å². The Bertz CT molecular complexity index is 443. The van der Waals surface area contributed by atoms with Crippen LogP contribution >= 0.6 is 0 Å². The normalized spacial score (nSPS) is 11.4. The molecule has 3 nitrogen and oxygen atoms in total. The Morgan fingerprint density at radius 1 is 1.40 bits per heavy atom. The molecule has 0 spiro atoms. The zero-order valence-electron chi connectivity index (χ0n) is 8.04. The largest absolute Gasteiger partial charge is 0.496 e. The summed E-state index contributed by atoms with van der Waals surface area (Å²) in [4.78, 5) is 0. The minimum atomic E-state index is -4.59. The number of hydrogen-bond donors (Lipinski definition) is 0. The van der Waals surface area contributed by atoms with E-state index in [4.69, 9.17) is 4.74 Å². The van der Waals surface area contributed by atoms with Crippen molar-refractivity contribution in [3.05, 3.63) is 29.6 Å². The van der Waals surface area contributed by atoms with Gasteiger partial charge in [-0.05, 0) is 18.6 Å². The van der Waals surface area contributed by atoms with Gasteiger partial charge in [0, 0.05) is 5.56 Å². The molecule has 0 atom stereocenters. The van der Waals surface area contributed by atoms with Crippen molar-refractivity contribution >= 4 is 10.2 Å². The molecule has 0 aliphatic carbocycles. The Balaban J connectivity index is 2.93. The van der Waals surface area contributed by atoms with Crippen molar-refractivity contribution in [3.63, 3.8) is 0 Å². The molecule has 15 heavy (non-hydrogen) atoms. The summed E-state index contributed by atoms with van der Waals surface area (Å²) in [6, 6.07) is 4.09. The predicted molar refractivity (Wildman–Crippen MR) is 51.6 cm³/mol. The van der Waals surface area contributed by atoms with E-state index in [9.17, 15) is 16.7 Å². The molecule has 0 aromatic heterocycles. The van der Waals surface area contributed by atoms with Crippen molar-refractivity contribution in [2.75, 3.05) is 12.9 Å². The second-order valence-electron chi connectivity index (χ2n) is 2.91. The van der Waals surface area contributed by atoms with Gasteiger partial charge in [-0.3, -0.25) is 0 Å². The molecule has 0 saturated carbocycles. The monoisotopic (exact) mass is 236 g/mol. The average molecular weight is 236 g/mol. The highest BCUT2D eigenvalue weighted by molar-refractivity contribution is 7.86. The van der Waals surface area contributed by atoms with Crippen molar-refractivity contribution < 1.29 is 21.4 Å². The molecule has 0 aliphatic rings. The van der Waals surface area contributed by atoms with Gasteiger partial charge in [0.15, 0.2) is 0 Å². The molecule has 0 heterocycles. The van der Waals surface area contributed by atoms with E-state index in [-0.39, 0.29) is 17.7 Å². The molecule has 0 bridgehead atoms. The lowest BCUT2D eigenvalue weighted by atomic mass is 10.1. The Morgan fingerprint density at radius 2 is 2.07 bits per heavy atom. The van der Waals surface area contributed by atoms with E-state index in [1.165, 1.54) is 25.3 Å². The molecular weight excluding hydrogens is 226 g/mol. The first kappa shape index (κ1) is 11.9. The van der Waals surface area contributed by atoms with Gasteiger partial charge in [-0.15, -0.1) is 3.89 Å². The molecule has 1 rings (SSSR count). The van der Waals surface area contributed by atoms with Crippen LogP contribution in [0.2, 0.25) is 0 Å². The second-order valence-corrected chi connectivity index (χ2v) is 4.40. The van der Waals surface area contributed by atoms with Crippen molar-refractivity contribution in [3.8, 4) is 5.75 Å². The van der Waals surface area contributed by atoms with Crippen LogP contribution in [-0.2, 0) is 16.6 Å². The SMILES string of the molecule is COc1cccc(F)c1CCS(=O)(=O)F. The molecular formula is C9H10F2O3S. The van der Waals surface area contributed by atoms with Gasteiger partial charge in [0.25, 0.3) is 0 Å². The number of hydrogen-bond acceptors (Lipinski definition) is 3. The molecule has 84 valence electrons. The van der Waals surface area contributed by atoms with Gasteiger partial charge in [-0.1, -0.05) is 6.07 Å². The lowest BCUT2D eigenvalue weighted by Gasteiger charge is -2.07. The maximum absolute atomic E-state index is 13.2. The van der Waals surface area contributed by atoms with Gasteiger partial charge in [-0.25, -0.2) is 4.39 Å². The van der Waals surface area contributed by atoms with Crippen LogP contribution in [0, 0.1) is 5.82 Å². The summed E-state index contributed by atoms with van der Waals surface area (Å²) >= 11 is 0. The van der Waals surface area contributed by atoms with Crippen molar-refractivity contribution in [2.24, 2.45) is 0 Å².